The minimum Gasteiger partial charge on any atom is -0.493 e. The first-order chi connectivity index (χ1) is 17.6. The highest BCUT2D eigenvalue weighted by Crippen LogP contribution is 2.44. The highest BCUT2D eigenvalue weighted by atomic mass is 16.5. The molecule has 0 spiro atoms. The monoisotopic (exact) mass is 513 g/mol. The summed E-state index contributed by atoms with van der Waals surface area (Å²) in [6.07, 6.45) is 6.47. The van der Waals surface area contributed by atoms with Crippen LogP contribution < -0.4 is 10.5 Å². The second-order valence-corrected chi connectivity index (χ2v) is 11.7. The van der Waals surface area contributed by atoms with E-state index in [0.717, 1.165) is 42.6 Å². The van der Waals surface area contributed by atoms with Gasteiger partial charge in [-0.3, -0.25) is 14.5 Å². The third-order valence-electron chi connectivity index (χ3n) is 7.69. The summed E-state index contributed by atoms with van der Waals surface area (Å²) in [4.78, 5) is 30.4. The number of rotatable bonds is 13. The van der Waals surface area contributed by atoms with Crippen LogP contribution in [0.4, 0.5) is 0 Å². The summed E-state index contributed by atoms with van der Waals surface area (Å²) in [5.41, 5.74) is 8.93. The fourth-order valence-electron chi connectivity index (χ4n) is 6.17. The topological polar surface area (TPSA) is 96.1 Å². The Hall–Kier alpha value is -2.38. The van der Waals surface area contributed by atoms with Crippen LogP contribution in [0.2, 0.25) is 0 Å². The molecule has 0 saturated carbocycles. The number of benzene rings is 1. The maximum absolute atomic E-state index is 13.5. The predicted molar refractivity (Wildman–Crippen MR) is 148 cm³/mol. The van der Waals surface area contributed by atoms with Crippen LogP contribution in [0.15, 0.2) is 29.8 Å². The number of amides is 1. The van der Waals surface area contributed by atoms with E-state index < -0.39 is 11.9 Å². The van der Waals surface area contributed by atoms with Gasteiger partial charge in [0.15, 0.2) is 0 Å². The van der Waals surface area contributed by atoms with Gasteiger partial charge in [-0.2, -0.15) is 0 Å². The average molecular weight is 514 g/mol. The van der Waals surface area contributed by atoms with Gasteiger partial charge in [0.1, 0.15) is 5.75 Å². The molecule has 3 atom stereocenters. The Kier molecular flexibility index (Phi) is 10.2. The fraction of sp³-hybridized carbons (Fsp3) is 0.667. The minimum atomic E-state index is -0.791. The first kappa shape index (κ1) is 29.2. The van der Waals surface area contributed by atoms with Gasteiger partial charge in [-0.1, -0.05) is 51.0 Å². The van der Waals surface area contributed by atoms with Gasteiger partial charge < -0.3 is 20.5 Å². The van der Waals surface area contributed by atoms with E-state index in [1.54, 1.807) is 0 Å². The van der Waals surface area contributed by atoms with Gasteiger partial charge in [0.05, 0.1) is 19.1 Å². The number of hydrogen-bond acceptors (Lipinski definition) is 5. The highest BCUT2D eigenvalue weighted by Gasteiger charge is 2.48. The summed E-state index contributed by atoms with van der Waals surface area (Å²) in [6, 6.07) is 5.88. The number of unbranched alkanes of at least 4 members (excludes halogenated alkanes) is 1. The summed E-state index contributed by atoms with van der Waals surface area (Å²) in [5.74, 6) is -0.601. The van der Waals surface area contributed by atoms with Crippen molar-refractivity contribution in [1.82, 2.24) is 9.80 Å². The van der Waals surface area contributed by atoms with Crippen molar-refractivity contribution in [2.24, 2.45) is 17.1 Å². The molecule has 2 aliphatic rings. The minimum absolute atomic E-state index is 0.0686. The Morgan fingerprint density at radius 1 is 1.24 bits per heavy atom. The van der Waals surface area contributed by atoms with Gasteiger partial charge >= 0.3 is 5.97 Å². The van der Waals surface area contributed by atoms with E-state index in [9.17, 15) is 14.7 Å². The summed E-state index contributed by atoms with van der Waals surface area (Å²) < 4.78 is 5.69. The third kappa shape index (κ3) is 7.57. The zero-order valence-corrected chi connectivity index (χ0v) is 23.5. The lowest BCUT2D eigenvalue weighted by molar-refractivity contribution is -0.144. The van der Waals surface area contributed by atoms with Gasteiger partial charge in [0.25, 0.3) is 0 Å². The second kappa shape index (κ2) is 12.9. The molecule has 206 valence electrons. The molecular weight excluding hydrogens is 466 g/mol. The number of ether oxygens (including phenoxy) is 1. The van der Waals surface area contributed by atoms with E-state index >= 15 is 0 Å². The molecule has 3 rings (SSSR count). The third-order valence-corrected chi connectivity index (χ3v) is 7.69. The molecule has 0 aliphatic carbocycles. The van der Waals surface area contributed by atoms with E-state index in [4.69, 9.17) is 10.5 Å². The highest BCUT2D eigenvalue weighted by molar-refractivity contribution is 5.79. The zero-order valence-electron chi connectivity index (χ0n) is 23.5. The molecule has 1 fully saturated rings. The molecule has 7 heteroatoms. The Labute approximate surface area is 223 Å². The molecule has 1 saturated heterocycles. The standard InChI is InChI=1S/C30H47N3O4/c1-6-7-13-32(14-8-12-31)27(34)20-33-19-24(22-9-10-26-23(16-22)11-15-37-26)28(29(35)36)25(33)18-30(4,5)17-21(2)3/h9-10,16-17,24-25,28H,6-8,11-15,18-20,31H2,1-5H3,(H,35,36)/t24-,25+,28-/m1/s1. The zero-order chi connectivity index (χ0) is 27.2. The summed E-state index contributed by atoms with van der Waals surface area (Å²) in [7, 11) is 0. The van der Waals surface area contributed by atoms with Crippen molar-refractivity contribution in [1.29, 1.82) is 0 Å². The number of hydrogen-bond donors (Lipinski definition) is 2. The molecule has 0 bridgehead atoms. The van der Waals surface area contributed by atoms with Gasteiger partial charge in [-0.15, -0.1) is 0 Å². The second-order valence-electron chi connectivity index (χ2n) is 11.7. The van der Waals surface area contributed by atoms with Crippen LogP contribution in [-0.4, -0.2) is 72.2 Å². The predicted octanol–water partition coefficient (Wildman–Crippen LogP) is 4.45. The van der Waals surface area contributed by atoms with Crippen LogP contribution in [0.25, 0.3) is 0 Å². The molecule has 3 N–H and O–H groups in total. The molecule has 2 heterocycles. The Morgan fingerprint density at radius 2 is 1.97 bits per heavy atom. The molecule has 37 heavy (non-hydrogen) atoms. The molecule has 1 aromatic carbocycles. The maximum atomic E-state index is 13.5. The molecular formula is C30H47N3O4. The normalized spacial score (nSPS) is 21.4. The van der Waals surface area contributed by atoms with Gasteiger partial charge in [0, 0.05) is 38.0 Å². The summed E-state index contributed by atoms with van der Waals surface area (Å²) in [6.45, 7) is 14.0. The number of carbonyl (C=O) groups excluding carboxylic acids is 1. The van der Waals surface area contributed by atoms with Crippen molar-refractivity contribution < 1.29 is 19.4 Å². The van der Waals surface area contributed by atoms with Crippen LogP contribution in [-0.2, 0) is 16.0 Å². The lowest BCUT2D eigenvalue weighted by Crippen LogP contribution is -2.46. The SMILES string of the molecule is CCCCN(CCCN)C(=O)CN1C[C@H](c2ccc3c(c2)CCO3)[C@@H](C(=O)O)[C@@H]1CC(C)(C)C=C(C)C. The number of carbonyl (C=O) groups is 2. The van der Waals surface area contributed by atoms with Gasteiger partial charge in [-0.25, -0.2) is 0 Å². The lowest BCUT2D eigenvalue weighted by atomic mass is 9.77. The van der Waals surface area contributed by atoms with E-state index in [-0.39, 0.29) is 29.8 Å². The van der Waals surface area contributed by atoms with E-state index in [0.29, 0.717) is 39.2 Å². The number of fused-ring (bicyclic) bond motifs is 1. The van der Waals surface area contributed by atoms with Crippen LogP contribution in [0.1, 0.15) is 77.3 Å². The molecule has 7 nitrogen and oxygen atoms in total. The van der Waals surface area contributed by atoms with Crippen molar-refractivity contribution >= 4 is 11.9 Å². The van der Waals surface area contributed by atoms with E-state index in [1.807, 2.05) is 17.0 Å². The van der Waals surface area contributed by atoms with Crippen LogP contribution >= 0.6 is 0 Å². The largest absolute Gasteiger partial charge is 0.493 e. The first-order valence-corrected chi connectivity index (χ1v) is 13.9. The van der Waals surface area contributed by atoms with Gasteiger partial charge in [0.2, 0.25) is 5.91 Å². The molecule has 1 aromatic rings. The Morgan fingerprint density at radius 3 is 2.62 bits per heavy atom. The average Bonchev–Trinajstić information content (AvgIpc) is 3.42. The van der Waals surface area contributed by atoms with E-state index in [1.165, 1.54) is 5.57 Å². The van der Waals surface area contributed by atoms with Crippen molar-refractivity contribution in [2.75, 3.05) is 39.3 Å². The van der Waals surface area contributed by atoms with Crippen molar-refractivity contribution in [3.05, 3.63) is 41.0 Å². The molecule has 2 aliphatic heterocycles. The Balaban J connectivity index is 1.93. The Bertz CT molecular complexity index is 962. The lowest BCUT2D eigenvalue weighted by Gasteiger charge is -2.34. The molecule has 0 aromatic heterocycles. The molecule has 0 radical (unpaired) electrons. The maximum Gasteiger partial charge on any atom is 0.308 e. The molecule has 1 amide bonds. The first-order valence-electron chi connectivity index (χ1n) is 13.9. The number of carboxylic acid groups (broad SMARTS) is 1. The van der Waals surface area contributed by atoms with Crippen LogP contribution in [0.5, 0.6) is 5.75 Å². The van der Waals surface area contributed by atoms with Crippen molar-refractivity contribution in [3.63, 3.8) is 0 Å². The number of carboxylic acids is 1. The van der Waals surface area contributed by atoms with Gasteiger partial charge in [-0.05, 0) is 62.3 Å². The van der Waals surface area contributed by atoms with E-state index in [2.05, 4.69) is 51.7 Å². The van der Waals surface area contributed by atoms with Crippen molar-refractivity contribution in [2.45, 2.75) is 78.7 Å². The number of nitrogens with zero attached hydrogens (tertiary/aromatic N) is 2. The smallest absolute Gasteiger partial charge is 0.308 e. The number of likely N-dealkylation sites (tertiary alicyclic amines) is 1. The van der Waals surface area contributed by atoms with Crippen molar-refractivity contribution in [3.8, 4) is 5.75 Å². The number of allylic oxidation sites excluding steroid dienone is 2. The van der Waals surface area contributed by atoms with Crippen LogP contribution in [0, 0.1) is 11.3 Å². The number of aliphatic carboxylic acids is 1. The quantitative estimate of drug-likeness (QED) is 0.378. The molecule has 0 unspecified atom stereocenters. The van der Waals surface area contributed by atoms with Crippen LogP contribution in [0.3, 0.4) is 0 Å². The summed E-state index contributed by atoms with van der Waals surface area (Å²) >= 11 is 0. The summed E-state index contributed by atoms with van der Waals surface area (Å²) in [5, 5.41) is 10.5. The fourth-order valence-corrected chi connectivity index (χ4v) is 6.17. The number of nitrogens with two attached hydrogens (primary N) is 1.